The van der Waals surface area contributed by atoms with Gasteiger partial charge in [-0.2, -0.15) is 0 Å². The van der Waals surface area contributed by atoms with Crippen LogP contribution < -0.4 is 4.74 Å². The van der Waals surface area contributed by atoms with Crippen LogP contribution in [0.15, 0.2) is 18.2 Å². The lowest BCUT2D eigenvalue weighted by Gasteiger charge is -2.10. The van der Waals surface area contributed by atoms with E-state index in [1.165, 1.54) is 0 Å². The molecule has 0 bridgehead atoms. The third-order valence-corrected chi connectivity index (χ3v) is 3.19. The molecule has 1 rings (SSSR count). The number of benzene rings is 1. The summed E-state index contributed by atoms with van der Waals surface area (Å²) in [4.78, 5) is 11.9. The lowest BCUT2D eigenvalue weighted by atomic mass is 10.1. The molecule has 0 N–H and O–H groups in total. The van der Waals surface area contributed by atoms with Crippen LogP contribution in [0.25, 0.3) is 0 Å². The Morgan fingerprint density at radius 2 is 2.16 bits per heavy atom. The summed E-state index contributed by atoms with van der Waals surface area (Å²) in [5.41, 5.74) is 0.550. The SMILES string of the molecule is CCCC(C)COCC(=O)c1ccc(OC)c(Cl)c1. The second kappa shape index (κ2) is 8.18. The van der Waals surface area contributed by atoms with E-state index in [9.17, 15) is 4.79 Å². The number of ketones is 1. The van der Waals surface area contributed by atoms with E-state index < -0.39 is 0 Å². The van der Waals surface area contributed by atoms with Crippen molar-refractivity contribution < 1.29 is 14.3 Å². The Kier molecular flexibility index (Phi) is 6.89. The average Bonchev–Trinajstić information content (AvgIpc) is 2.38. The van der Waals surface area contributed by atoms with E-state index >= 15 is 0 Å². The molecule has 4 heteroatoms. The Labute approximate surface area is 119 Å². The molecule has 0 radical (unpaired) electrons. The molecule has 0 aromatic heterocycles. The predicted molar refractivity (Wildman–Crippen MR) is 77.2 cm³/mol. The fourth-order valence-electron chi connectivity index (χ4n) is 1.85. The maximum Gasteiger partial charge on any atom is 0.188 e. The van der Waals surface area contributed by atoms with Crippen molar-refractivity contribution in [3.05, 3.63) is 28.8 Å². The number of hydrogen-bond donors (Lipinski definition) is 0. The van der Waals surface area contributed by atoms with Crippen molar-refractivity contribution >= 4 is 17.4 Å². The van der Waals surface area contributed by atoms with Gasteiger partial charge in [-0.1, -0.05) is 31.9 Å². The van der Waals surface area contributed by atoms with Crippen LogP contribution in [0, 0.1) is 5.92 Å². The number of rotatable bonds is 8. The molecule has 1 atom stereocenters. The van der Waals surface area contributed by atoms with Crippen LogP contribution in [0.1, 0.15) is 37.0 Å². The lowest BCUT2D eigenvalue weighted by molar-refractivity contribution is 0.0683. The van der Waals surface area contributed by atoms with Crippen LogP contribution in [0.3, 0.4) is 0 Å². The molecule has 19 heavy (non-hydrogen) atoms. The molecule has 0 saturated heterocycles. The summed E-state index contributed by atoms with van der Waals surface area (Å²) in [6.07, 6.45) is 2.25. The van der Waals surface area contributed by atoms with Gasteiger partial charge in [0.15, 0.2) is 5.78 Å². The van der Waals surface area contributed by atoms with Crippen LogP contribution in [0.4, 0.5) is 0 Å². The lowest BCUT2D eigenvalue weighted by Crippen LogP contribution is -2.13. The Balaban J connectivity index is 2.47. The number of halogens is 1. The van der Waals surface area contributed by atoms with E-state index in [0.29, 0.717) is 28.9 Å². The van der Waals surface area contributed by atoms with E-state index in [1.54, 1.807) is 25.3 Å². The van der Waals surface area contributed by atoms with Crippen LogP contribution in [0.5, 0.6) is 5.75 Å². The normalized spacial score (nSPS) is 12.2. The highest BCUT2D eigenvalue weighted by atomic mass is 35.5. The Morgan fingerprint density at radius 1 is 1.42 bits per heavy atom. The Bertz CT molecular complexity index is 418. The van der Waals surface area contributed by atoms with Gasteiger partial charge >= 0.3 is 0 Å². The zero-order chi connectivity index (χ0) is 14.3. The molecule has 106 valence electrons. The van der Waals surface area contributed by atoms with Gasteiger partial charge in [0.1, 0.15) is 12.4 Å². The Morgan fingerprint density at radius 3 is 2.74 bits per heavy atom. The minimum atomic E-state index is -0.0618. The first-order valence-corrected chi connectivity index (χ1v) is 6.90. The van der Waals surface area contributed by atoms with Crippen molar-refractivity contribution in [2.45, 2.75) is 26.7 Å². The average molecular weight is 285 g/mol. The summed E-state index contributed by atoms with van der Waals surface area (Å²) in [6.45, 7) is 4.97. The first kappa shape index (κ1) is 16.0. The van der Waals surface area contributed by atoms with Gasteiger partial charge in [-0.05, 0) is 30.5 Å². The molecule has 0 amide bonds. The minimum Gasteiger partial charge on any atom is -0.495 e. The summed E-state index contributed by atoms with van der Waals surface area (Å²) in [5, 5.41) is 0.438. The van der Waals surface area contributed by atoms with Gasteiger partial charge in [0.2, 0.25) is 0 Å². The zero-order valence-corrected chi connectivity index (χ0v) is 12.5. The van der Waals surface area contributed by atoms with Gasteiger partial charge in [-0.15, -0.1) is 0 Å². The molecular weight excluding hydrogens is 264 g/mol. The standard InChI is InChI=1S/C15H21ClO3/c1-4-5-11(2)9-19-10-14(17)12-6-7-15(18-3)13(16)8-12/h6-8,11H,4-5,9-10H2,1-3H3. The maximum atomic E-state index is 11.9. The van der Waals surface area contributed by atoms with E-state index in [-0.39, 0.29) is 12.4 Å². The molecule has 0 fully saturated rings. The third-order valence-electron chi connectivity index (χ3n) is 2.89. The van der Waals surface area contributed by atoms with Gasteiger partial charge < -0.3 is 9.47 Å². The summed E-state index contributed by atoms with van der Waals surface area (Å²) in [5.74, 6) is 0.987. The number of ether oxygens (including phenoxy) is 2. The second-order valence-corrected chi connectivity index (χ2v) is 5.09. The molecule has 3 nitrogen and oxygen atoms in total. The molecule has 0 aliphatic rings. The van der Waals surface area contributed by atoms with E-state index in [2.05, 4.69) is 13.8 Å². The van der Waals surface area contributed by atoms with Gasteiger partial charge in [-0.25, -0.2) is 0 Å². The number of hydrogen-bond acceptors (Lipinski definition) is 3. The highest BCUT2D eigenvalue weighted by molar-refractivity contribution is 6.32. The smallest absolute Gasteiger partial charge is 0.188 e. The molecule has 1 unspecified atom stereocenters. The number of carbonyl (C=O) groups is 1. The van der Waals surface area contributed by atoms with Crippen molar-refractivity contribution in [1.29, 1.82) is 0 Å². The van der Waals surface area contributed by atoms with Gasteiger partial charge in [-0.3, -0.25) is 4.79 Å². The van der Waals surface area contributed by atoms with Gasteiger partial charge in [0, 0.05) is 12.2 Å². The van der Waals surface area contributed by atoms with Crippen LogP contribution in [-0.4, -0.2) is 26.1 Å². The fraction of sp³-hybridized carbons (Fsp3) is 0.533. The van der Waals surface area contributed by atoms with Crippen molar-refractivity contribution in [2.24, 2.45) is 5.92 Å². The van der Waals surface area contributed by atoms with Crippen LogP contribution in [-0.2, 0) is 4.74 Å². The Hall–Kier alpha value is -1.06. The predicted octanol–water partition coefficient (Wildman–Crippen LogP) is 3.98. The summed E-state index contributed by atoms with van der Waals surface area (Å²) < 4.78 is 10.5. The molecule has 0 aliphatic heterocycles. The number of methoxy groups -OCH3 is 1. The van der Waals surface area contributed by atoms with Crippen molar-refractivity contribution in [2.75, 3.05) is 20.3 Å². The highest BCUT2D eigenvalue weighted by Crippen LogP contribution is 2.25. The van der Waals surface area contributed by atoms with Crippen LogP contribution in [0.2, 0.25) is 5.02 Å². The second-order valence-electron chi connectivity index (χ2n) is 4.68. The molecule has 1 aromatic rings. The zero-order valence-electron chi connectivity index (χ0n) is 11.7. The molecule has 1 aromatic carbocycles. The first-order valence-electron chi connectivity index (χ1n) is 6.53. The molecule has 0 saturated carbocycles. The first-order chi connectivity index (χ1) is 9.08. The molecule has 0 heterocycles. The quantitative estimate of drug-likeness (QED) is 0.677. The van der Waals surface area contributed by atoms with Gasteiger partial charge in [0.05, 0.1) is 12.1 Å². The van der Waals surface area contributed by atoms with Gasteiger partial charge in [0.25, 0.3) is 0 Å². The molecular formula is C15H21ClO3. The number of carbonyl (C=O) groups excluding carboxylic acids is 1. The van der Waals surface area contributed by atoms with Crippen molar-refractivity contribution in [3.63, 3.8) is 0 Å². The monoisotopic (exact) mass is 284 g/mol. The maximum absolute atomic E-state index is 11.9. The fourth-order valence-corrected chi connectivity index (χ4v) is 2.11. The van der Waals surface area contributed by atoms with Crippen molar-refractivity contribution in [3.8, 4) is 5.75 Å². The minimum absolute atomic E-state index is 0.0618. The number of Topliss-reactive ketones (excluding diaryl/α,β-unsaturated/α-hetero) is 1. The molecule has 0 aliphatic carbocycles. The largest absolute Gasteiger partial charge is 0.495 e. The highest BCUT2D eigenvalue weighted by Gasteiger charge is 2.10. The summed E-state index contributed by atoms with van der Waals surface area (Å²) in [7, 11) is 1.54. The van der Waals surface area contributed by atoms with Crippen molar-refractivity contribution in [1.82, 2.24) is 0 Å². The summed E-state index contributed by atoms with van der Waals surface area (Å²) >= 11 is 5.98. The van der Waals surface area contributed by atoms with E-state index in [0.717, 1.165) is 12.8 Å². The van der Waals surface area contributed by atoms with E-state index in [4.69, 9.17) is 21.1 Å². The third kappa shape index (κ3) is 5.21. The van der Waals surface area contributed by atoms with Crippen LogP contribution >= 0.6 is 11.6 Å². The summed E-state index contributed by atoms with van der Waals surface area (Å²) in [6, 6.07) is 5.00. The topological polar surface area (TPSA) is 35.5 Å². The molecule has 0 spiro atoms. The van der Waals surface area contributed by atoms with E-state index in [1.807, 2.05) is 0 Å².